The molecule has 1 aliphatic rings. The van der Waals surface area contributed by atoms with Crippen LogP contribution in [0.15, 0.2) is 22.7 Å². The van der Waals surface area contributed by atoms with Gasteiger partial charge in [-0.15, -0.1) is 0 Å². The molecule has 0 bridgehead atoms. The Bertz CT molecular complexity index is 362. The SMILES string of the molecule is O=C1CCC1c1cc(I)ccc1Br. The molecule has 0 N–H and O–H groups in total. The van der Waals surface area contributed by atoms with E-state index in [2.05, 4.69) is 44.6 Å². The van der Waals surface area contributed by atoms with E-state index in [1.807, 2.05) is 12.1 Å². The number of hydrogen-bond acceptors (Lipinski definition) is 1. The smallest absolute Gasteiger partial charge is 0.140 e. The van der Waals surface area contributed by atoms with Gasteiger partial charge in [0.25, 0.3) is 0 Å². The second-order valence-electron chi connectivity index (χ2n) is 3.22. The summed E-state index contributed by atoms with van der Waals surface area (Å²) in [7, 11) is 0. The maximum Gasteiger partial charge on any atom is 0.140 e. The number of rotatable bonds is 1. The highest BCUT2D eigenvalue weighted by Crippen LogP contribution is 2.37. The van der Waals surface area contributed by atoms with E-state index in [1.165, 1.54) is 3.57 Å². The Kier molecular flexibility index (Phi) is 2.74. The molecule has 68 valence electrons. The van der Waals surface area contributed by atoms with E-state index in [-0.39, 0.29) is 5.92 Å². The van der Waals surface area contributed by atoms with E-state index in [0.717, 1.165) is 22.9 Å². The maximum absolute atomic E-state index is 11.3. The second kappa shape index (κ2) is 3.69. The largest absolute Gasteiger partial charge is 0.299 e. The van der Waals surface area contributed by atoms with Gasteiger partial charge in [0.2, 0.25) is 0 Å². The lowest BCUT2D eigenvalue weighted by Crippen LogP contribution is -2.23. The van der Waals surface area contributed by atoms with Crippen molar-refractivity contribution in [2.75, 3.05) is 0 Å². The summed E-state index contributed by atoms with van der Waals surface area (Å²) >= 11 is 5.75. The highest BCUT2D eigenvalue weighted by molar-refractivity contribution is 14.1. The predicted molar refractivity (Wildman–Crippen MR) is 63.8 cm³/mol. The number of halogens is 2. The van der Waals surface area contributed by atoms with Crippen LogP contribution < -0.4 is 0 Å². The molecule has 0 spiro atoms. The van der Waals surface area contributed by atoms with Gasteiger partial charge in [-0.1, -0.05) is 15.9 Å². The summed E-state index contributed by atoms with van der Waals surface area (Å²) in [6.45, 7) is 0. The van der Waals surface area contributed by atoms with Crippen LogP contribution in [-0.4, -0.2) is 5.78 Å². The Hall–Kier alpha value is 0.1000. The molecule has 0 aliphatic heterocycles. The number of carbonyl (C=O) groups is 1. The molecule has 1 aromatic rings. The highest BCUT2D eigenvalue weighted by Gasteiger charge is 2.30. The minimum atomic E-state index is 0.157. The Morgan fingerprint density at radius 3 is 2.77 bits per heavy atom. The minimum absolute atomic E-state index is 0.157. The Morgan fingerprint density at radius 1 is 1.46 bits per heavy atom. The summed E-state index contributed by atoms with van der Waals surface area (Å²) in [4.78, 5) is 11.3. The predicted octanol–water partition coefficient (Wildman–Crippen LogP) is 3.50. The summed E-state index contributed by atoms with van der Waals surface area (Å²) in [6, 6.07) is 6.15. The van der Waals surface area contributed by atoms with Crippen molar-refractivity contribution in [1.29, 1.82) is 0 Å². The average Bonchev–Trinajstić information content (AvgIpc) is 2.09. The van der Waals surface area contributed by atoms with Crippen molar-refractivity contribution in [2.45, 2.75) is 18.8 Å². The van der Waals surface area contributed by atoms with Crippen molar-refractivity contribution >= 4 is 44.3 Å². The number of benzene rings is 1. The van der Waals surface area contributed by atoms with Gasteiger partial charge in [0.05, 0.1) is 0 Å². The molecule has 13 heavy (non-hydrogen) atoms. The Labute approximate surface area is 99.2 Å². The van der Waals surface area contributed by atoms with E-state index < -0.39 is 0 Å². The number of Topliss-reactive ketones (excluding diaryl/α,β-unsaturated/α-hetero) is 1. The van der Waals surface area contributed by atoms with Crippen LogP contribution in [0.4, 0.5) is 0 Å². The summed E-state index contributed by atoms with van der Waals surface area (Å²) in [6.07, 6.45) is 1.76. The van der Waals surface area contributed by atoms with Crippen LogP contribution in [0.3, 0.4) is 0 Å². The van der Waals surface area contributed by atoms with Gasteiger partial charge in [-0.3, -0.25) is 4.79 Å². The molecule has 1 unspecified atom stereocenters. The lowest BCUT2D eigenvalue weighted by molar-refractivity contribution is -0.125. The Balaban J connectivity index is 2.38. The van der Waals surface area contributed by atoms with Crippen molar-refractivity contribution in [1.82, 2.24) is 0 Å². The van der Waals surface area contributed by atoms with E-state index >= 15 is 0 Å². The van der Waals surface area contributed by atoms with Crippen molar-refractivity contribution < 1.29 is 4.79 Å². The van der Waals surface area contributed by atoms with Gasteiger partial charge >= 0.3 is 0 Å². The van der Waals surface area contributed by atoms with Gasteiger partial charge in [-0.25, -0.2) is 0 Å². The van der Waals surface area contributed by atoms with Crippen LogP contribution in [0.1, 0.15) is 24.3 Å². The Morgan fingerprint density at radius 2 is 2.23 bits per heavy atom. The molecule has 2 rings (SSSR count). The molecule has 3 heteroatoms. The van der Waals surface area contributed by atoms with Crippen LogP contribution in [0, 0.1) is 3.57 Å². The van der Waals surface area contributed by atoms with E-state index in [0.29, 0.717) is 5.78 Å². The molecule has 1 aliphatic carbocycles. The van der Waals surface area contributed by atoms with Gasteiger partial charge < -0.3 is 0 Å². The summed E-state index contributed by atoms with van der Waals surface area (Å²) < 4.78 is 2.25. The first-order valence-electron chi connectivity index (χ1n) is 4.16. The molecule has 1 saturated carbocycles. The van der Waals surface area contributed by atoms with Gasteiger partial charge in [0.15, 0.2) is 0 Å². The first kappa shape index (κ1) is 9.65. The molecule has 1 aromatic carbocycles. The summed E-state index contributed by atoms with van der Waals surface area (Å²) in [5.74, 6) is 0.534. The minimum Gasteiger partial charge on any atom is -0.299 e. The third-order valence-electron chi connectivity index (χ3n) is 2.40. The van der Waals surface area contributed by atoms with Gasteiger partial charge in [-0.2, -0.15) is 0 Å². The molecule has 0 heterocycles. The molecule has 0 aromatic heterocycles. The number of carbonyl (C=O) groups excluding carboxylic acids is 1. The van der Waals surface area contributed by atoms with Crippen LogP contribution in [0.2, 0.25) is 0 Å². The maximum atomic E-state index is 11.3. The highest BCUT2D eigenvalue weighted by atomic mass is 127. The van der Waals surface area contributed by atoms with Crippen LogP contribution in [0.5, 0.6) is 0 Å². The second-order valence-corrected chi connectivity index (χ2v) is 5.32. The van der Waals surface area contributed by atoms with E-state index in [9.17, 15) is 4.79 Å². The summed E-state index contributed by atoms with van der Waals surface area (Å²) in [5.41, 5.74) is 1.16. The van der Waals surface area contributed by atoms with Gasteiger partial charge in [0, 0.05) is 20.4 Å². The average molecular weight is 351 g/mol. The van der Waals surface area contributed by atoms with Crippen molar-refractivity contribution in [3.63, 3.8) is 0 Å². The molecule has 1 atom stereocenters. The lowest BCUT2D eigenvalue weighted by Gasteiger charge is -2.25. The quantitative estimate of drug-likeness (QED) is 0.708. The topological polar surface area (TPSA) is 17.1 Å². The fourth-order valence-corrected chi connectivity index (χ4v) is 2.56. The van der Waals surface area contributed by atoms with Crippen LogP contribution in [-0.2, 0) is 4.79 Å². The molecular weight excluding hydrogens is 343 g/mol. The fourth-order valence-electron chi connectivity index (χ4n) is 1.52. The van der Waals surface area contributed by atoms with Gasteiger partial charge in [-0.05, 0) is 52.8 Å². The number of ketones is 1. The molecular formula is C10H8BrIO. The van der Waals surface area contributed by atoms with E-state index in [1.54, 1.807) is 0 Å². The molecule has 1 fully saturated rings. The zero-order valence-corrected chi connectivity index (χ0v) is 10.6. The zero-order valence-electron chi connectivity index (χ0n) is 6.89. The molecule has 0 amide bonds. The van der Waals surface area contributed by atoms with Gasteiger partial charge in [0.1, 0.15) is 5.78 Å². The van der Waals surface area contributed by atoms with E-state index in [4.69, 9.17) is 0 Å². The van der Waals surface area contributed by atoms with Crippen molar-refractivity contribution in [3.8, 4) is 0 Å². The third kappa shape index (κ3) is 1.81. The van der Waals surface area contributed by atoms with Crippen LogP contribution >= 0.6 is 38.5 Å². The first-order chi connectivity index (χ1) is 6.18. The van der Waals surface area contributed by atoms with Crippen molar-refractivity contribution in [3.05, 3.63) is 31.8 Å². The monoisotopic (exact) mass is 350 g/mol. The van der Waals surface area contributed by atoms with Crippen molar-refractivity contribution in [2.24, 2.45) is 0 Å². The third-order valence-corrected chi connectivity index (χ3v) is 3.79. The normalized spacial score (nSPS) is 21.4. The standard InChI is InChI=1S/C10H8BrIO/c11-9-3-1-6(12)5-8(9)7-2-4-10(7)13/h1,3,5,7H,2,4H2. The lowest BCUT2D eigenvalue weighted by atomic mass is 9.79. The zero-order chi connectivity index (χ0) is 9.42. The first-order valence-corrected chi connectivity index (χ1v) is 6.03. The molecule has 1 nitrogen and oxygen atoms in total. The summed E-state index contributed by atoms with van der Waals surface area (Å²) in [5, 5.41) is 0. The molecule has 0 radical (unpaired) electrons. The number of hydrogen-bond donors (Lipinski definition) is 0. The van der Waals surface area contributed by atoms with Crippen LogP contribution in [0.25, 0.3) is 0 Å². The fraction of sp³-hybridized carbons (Fsp3) is 0.300. The molecule has 0 saturated heterocycles.